The normalized spacial score (nSPS) is 24.0. The van der Waals surface area contributed by atoms with Crippen molar-refractivity contribution in [1.29, 1.82) is 0 Å². The van der Waals surface area contributed by atoms with Gasteiger partial charge >= 0.3 is 0 Å². The first-order chi connectivity index (χ1) is 9.33. The van der Waals surface area contributed by atoms with E-state index in [9.17, 15) is 4.79 Å². The summed E-state index contributed by atoms with van der Waals surface area (Å²) in [5.74, 6) is 0.265. The number of likely N-dealkylation sites (tertiary alicyclic amines) is 2. The standard InChI is InChI=1S/C16H21N2O/c19-16(12-14-6-2-1-3-7-14)18-11-8-15(13-18)17-9-4-5-10-17/h1-2,6-7,15H,4-5,8-13H2. The first-order valence-corrected chi connectivity index (χ1v) is 7.30. The quantitative estimate of drug-likeness (QED) is 0.823. The summed E-state index contributed by atoms with van der Waals surface area (Å²) in [6.45, 7) is 4.30. The molecule has 2 aliphatic rings. The number of benzene rings is 1. The van der Waals surface area contributed by atoms with E-state index < -0.39 is 0 Å². The average Bonchev–Trinajstić information content (AvgIpc) is 3.11. The van der Waals surface area contributed by atoms with Crippen LogP contribution in [0.2, 0.25) is 0 Å². The molecule has 19 heavy (non-hydrogen) atoms. The van der Waals surface area contributed by atoms with Crippen LogP contribution in [0.3, 0.4) is 0 Å². The number of rotatable bonds is 3. The fourth-order valence-corrected chi connectivity index (χ4v) is 3.20. The van der Waals surface area contributed by atoms with Crippen molar-refractivity contribution in [2.24, 2.45) is 0 Å². The summed E-state index contributed by atoms with van der Waals surface area (Å²) < 4.78 is 0. The zero-order valence-corrected chi connectivity index (χ0v) is 11.3. The molecule has 0 N–H and O–H groups in total. The Labute approximate surface area is 115 Å². The smallest absolute Gasteiger partial charge is 0.227 e. The molecule has 1 unspecified atom stereocenters. The van der Waals surface area contributed by atoms with Gasteiger partial charge in [0, 0.05) is 19.1 Å². The topological polar surface area (TPSA) is 23.6 Å². The first-order valence-electron chi connectivity index (χ1n) is 7.30. The molecule has 2 saturated heterocycles. The maximum atomic E-state index is 12.3. The Hall–Kier alpha value is -1.35. The Morgan fingerprint density at radius 1 is 1.32 bits per heavy atom. The molecule has 0 spiro atoms. The van der Waals surface area contributed by atoms with E-state index >= 15 is 0 Å². The highest BCUT2D eigenvalue weighted by Gasteiger charge is 2.31. The minimum atomic E-state index is 0.265. The molecule has 1 aromatic carbocycles. The minimum absolute atomic E-state index is 0.265. The number of carbonyl (C=O) groups is 1. The van der Waals surface area contributed by atoms with Gasteiger partial charge in [-0.25, -0.2) is 0 Å². The third kappa shape index (κ3) is 2.98. The molecule has 1 amide bonds. The van der Waals surface area contributed by atoms with E-state index in [0.717, 1.165) is 25.1 Å². The van der Waals surface area contributed by atoms with E-state index in [-0.39, 0.29) is 5.91 Å². The molecule has 101 valence electrons. The van der Waals surface area contributed by atoms with Gasteiger partial charge in [-0.3, -0.25) is 9.69 Å². The highest BCUT2D eigenvalue weighted by molar-refractivity contribution is 5.79. The summed E-state index contributed by atoms with van der Waals surface area (Å²) in [6, 6.07) is 11.4. The van der Waals surface area contributed by atoms with Gasteiger partial charge in [-0.2, -0.15) is 0 Å². The van der Waals surface area contributed by atoms with Crippen LogP contribution in [0.1, 0.15) is 24.8 Å². The van der Waals surface area contributed by atoms with Crippen LogP contribution >= 0.6 is 0 Å². The van der Waals surface area contributed by atoms with Gasteiger partial charge in [0.15, 0.2) is 0 Å². The van der Waals surface area contributed by atoms with Gasteiger partial charge in [0.1, 0.15) is 0 Å². The van der Waals surface area contributed by atoms with Gasteiger partial charge < -0.3 is 4.90 Å². The van der Waals surface area contributed by atoms with Crippen LogP contribution in [0.15, 0.2) is 24.3 Å². The SMILES string of the molecule is O=C(Cc1c[c]ccc1)N1CCC(N2CCCC2)C1. The maximum Gasteiger partial charge on any atom is 0.227 e. The molecule has 3 heteroatoms. The highest BCUT2D eigenvalue weighted by Crippen LogP contribution is 2.21. The van der Waals surface area contributed by atoms with Crippen LogP contribution in [0, 0.1) is 6.07 Å². The van der Waals surface area contributed by atoms with E-state index in [0.29, 0.717) is 12.5 Å². The molecule has 0 saturated carbocycles. The average molecular weight is 257 g/mol. The van der Waals surface area contributed by atoms with Crippen LogP contribution in [-0.4, -0.2) is 47.9 Å². The van der Waals surface area contributed by atoms with E-state index in [1.54, 1.807) is 0 Å². The van der Waals surface area contributed by atoms with Gasteiger partial charge in [0.05, 0.1) is 6.42 Å². The minimum Gasteiger partial charge on any atom is -0.341 e. The van der Waals surface area contributed by atoms with Crippen LogP contribution in [0.4, 0.5) is 0 Å². The summed E-state index contributed by atoms with van der Waals surface area (Å²) in [6.07, 6.45) is 4.31. The predicted molar refractivity (Wildman–Crippen MR) is 74.8 cm³/mol. The second-order valence-electron chi connectivity index (χ2n) is 5.61. The van der Waals surface area contributed by atoms with Gasteiger partial charge in [-0.15, -0.1) is 0 Å². The van der Waals surface area contributed by atoms with Crippen LogP contribution in [0.5, 0.6) is 0 Å². The Morgan fingerprint density at radius 2 is 2.16 bits per heavy atom. The highest BCUT2D eigenvalue weighted by atomic mass is 16.2. The summed E-state index contributed by atoms with van der Waals surface area (Å²) in [4.78, 5) is 16.9. The van der Waals surface area contributed by atoms with Crippen molar-refractivity contribution in [2.45, 2.75) is 31.7 Å². The Kier molecular flexibility index (Phi) is 3.83. The van der Waals surface area contributed by atoms with Crippen LogP contribution in [-0.2, 0) is 11.2 Å². The molecule has 3 nitrogen and oxygen atoms in total. The zero-order chi connectivity index (χ0) is 13.1. The molecule has 2 heterocycles. The second kappa shape index (κ2) is 5.74. The van der Waals surface area contributed by atoms with Crippen LogP contribution in [0.25, 0.3) is 0 Å². The Balaban J connectivity index is 1.54. The third-order valence-corrected chi connectivity index (χ3v) is 4.30. The molecular weight excluding hydrogens is 236 g/mol. The molecule has 0 aromatic heterocycles. The van der Waals surface area contributed by atoms with E-state index in [4.69, 9.17) is 0 Å². The van der Waals surface area contributed by atoms with Crippen molar-refractivity contribution in [2.75, 3.05) is 26.2 Å². The molecule has 0 aliphatic carbocycles. The number of hydrogen-bond donors (Lipinski definition) is 0. The largest absolute Gasteiger partial charge is 0.341 e. The fraction of sp³-hybridized carbons (Fsp3) is 0.562. The number of nitrogens with zero attached hydrogens (tertiary/aromatic N) is 2. The lowest BCUT2D eigenvalue weighted by Gasteiger charge is -2.23. The third-order valence-electron chi connectivity index (χ3n) is 4.30. The lowest BCUT2D eigenvalue weighted by molar-refractivity contribution is -0.129. The van der Waals surface area contributed by atoms with E-state index in [2.05, 4.69) is 11.0 Å². The van der Waals surface area contributed by atoms with E-state index in [1.807, 2.05) is 29.2 Å². The summed E-state index contributed by atoms with van der Waals surface area (Å²) >= 11 is 0. The predicted octanol–water partition coefficient (Wildman–Crippen LogP) is 1.73. The number of hydrogen-bond acceptors (Lipinski definition) is 2. The van der Waals surface area contributed by atoms with Gasteiger partial charge in [-0.1, -0.05) is 24.3 Å². The number of carbonyl (C=O) groups excluding carboxylic acids is 1. The van der Waals surface area contributed by atoms with Crippen molar-refractivity contribution < 1.29 is 4.79 Å². The van der Waals surface area contributed by atoms with Gasteiger partial charge in [-0.05, 0) is 44.0 Å². The van der Waals surface area contributed by atoms with Gasteiger partial charge in [0.25, 0.3) is 0 Å². The van der Waals surface area contributed by atoms with E-state index in [1.165, 1.54) is 25.9 Å². The van der Waals surface area contributed by atoms with Crippen molar-refractivity contribution in [3.05, 3.63) is 35.9 Å². The molecule has 1 radical (unpaired) electrons. The van der Waals surface area contributed by atoms with Crippen molar-refractivity contribution in [3.8, 4) is 0 Å². The molecular formula is C16H21N2O. The molecule has 2 aliphatic heterocycles. The molecule has 0 bridgehead atoms. The summed E-state index contributed by atoms with van der Waals surface area (Å²) in [7, 11) is 0. The lowest BCUT2D eigenvalue weighted by Crippen LogP contribution is -2.37. The van der Waals surface area contributed by atoms with Crippen molar-refractivity contribution in [1.82, 2.24) is 9.80 Å². The van der Waals surface area contributed by atoms with Crippen molar-refractivity contribution in [3.63, 3.8) is 0 Å². The molecule has 1 atom stereocenters. The fourth-order valence-electron chi connectivity index (χ4n) is 3.20. The second-order valence-corrected chi connectivity index (χ2v) is 5.61. The molecule has 2 fully saturated rings. The molecule has 1 aromatic rings. The Morgan fingerprint density at radius 3 is 2.89 bits per heavy atom. The Bertz CT molecular complexity index is 426. The summed E-state index contributed by atoms with van der Waals surface area (Å²) in [5.41, 5.74) is 1.07. The number of amides is 1. The first kappa shape index (κ1) is 12.7. The lowest BCUT2D eigenvalue weighted by atomic mass is 10.1. The molecule has 3 rings (SSSR count). The van der Waals surface area contributed by atoms with Crippen molar-refractivity contribution >= 4 is 5.91 Å². The monoisotopic (exact) mass is 257 g/mol. The zero-order valence-electron chi connectivity index (χ0n) is 11.3. The summed E-state index contributed by atoms with van der Waals surface area (Å²) in [5, 5.41) is 0. The maximum absolute atomic E-state index is 12.3. The van der Waals surface area contributed by atoms with Gasteiger partial charge in [0.2, 0.25) is 5.91 Å². The van der Waals surface area contributed by atoms with Crippen LogP contribution < -0.4 is 0 Å².